The number of carbonyl (C=O) groups excluding carboxylic acids is 1. The molecular formula is C14H10F3NO2. The van der Waals surface area contributed by atoms with Crippen molar-refractivity contribution >= 4 is 6.29 Å². The lowest BCUT2D eigenvalue weighted by Crippen LogP contribution is -2.21. The molecule has 0 atom stereocenters. The van der Waals surface area contributed by atoms with Crippen LogP contribution in [0.25, 0.3) is 0 Å². The van der Waals surface area contributed by atoms with Crippen molar-refractivity contribution in [3.05, 3.63) is 69.6 Å². The highest BCUT2D eigenvalue weighted by Crippen LogP contribution is 2.28. The van der Waals surface area contributed by atoms with Crippen LogP contribution in [0.15, 0.2) is 47.4 Å². The van der Waals surface area contributed by atoms with Crippen molar-refractivity contribution in [2.45, 2.75) is 12.7 Å². The standard InChI is InChI=1S/C14H10F3NO2/c15-14(16,17)12-5-6-13(20)18(8-12)7-10-1-3-11(9-19)4-2-10/h1-6,8-9H,7H2. The molecule has 0 aliphatic rings. The molecule has 0 aliphatic carbocycles. The van der Waals surface area contributed by atoms with Crippen molar-refractivity contribution in [1.82, 2.24) is 4.57 Å². The van der Waals surface area contributed by atoms with Gasteiger partial charge in [-0.1, -0.05) is 24.3 Å². The van der Waals surface area contributed by atoms with Gasteiger partial charge in [0.1, 0.15) is 6.29 Å². The molecular weight excluding hydrogens is 271 g/mol. The summed E-state index contributed by atoms with van der Waals surface area (Å²) in [6, 6.07) is 7.92. The summed E-state index contributed by atoms with van der Waals surface area (Å²) in [6.45, 7) is 0.0158. The van der Waals surface area contributed by atoms with E-state index in [2.05, 4.69) is 0 Å². The monoisotopic (exact) mass is 281 g/mol. The quantitative estimate of drug-likeness (QED) is 0.811. The lowest BCUT2D eigenvalue weighted by molar-refractivity contribution is -0.138. The molecule has 0 spiro atoms. The number of benzene rings is 1. The van der Waals surface area contributed by atoms with Crippen LogP contribution >= 0.6 is 0 Å². The molecule has 0 radical (unpaired) electrons. The van der Waals surface area contributed by atoms with Crippen LogP contribution in [0.1, 0.15) is 21.5 Å². The molecule has 0 saturated carbocycles. The molecule has 6 heteroatoms. The Bertz CT molecular complexity index is 672. The Morgan fingerprint density at radius 2 is 1.70 bits per heavy atom. The average molecular weight is 281 g/mol. The maximum absolute atomic E-state index is 12.6. The van der Waals surface area contributed by atoms with Gasteiger partial charge in [-0.15, -0.1) is 0 Å². The number of pyridine rings is 1. The van der Waals surface area contributed by atoms with Gasteiger partial charge in [-0.05, 0) is 11.6 Å². The third-order valence-electron chi connectivity index (χ3n) is 2.78. The van der Waals surface area contributed by atoms with Crippen molar-refractivity contribution in [3.8, 4) is 0 Å². The normalized spacial score (nSPS) is 11.3. The summed E-state index contributed by atoms with van der Waals surface area (Å²) < 4.78 is 38.7. The van der Waals surface area contributed by atoms with Crippen molar-refractivity contribution < 1.29 is 18.0 Å². The average Bonchev–Trinajstić information content (AvgIpc) is 2.41. The van der Waals surface area contributed by atoms with Crippen LogP contribution in [-0.4, -0.2) is 10.9 Å². The molecule has 104 valence electrons. The molecule has 3 nitrogen and oxygen atoms in total. The van der Waals surface area contributed by atoms with Crippen LogP contribution in [0, 0.1) is 0 Å². The van der Waals surface area contributed by atoms with Crippen LogP contribution in [0.3, 0.4) is 0 Å². The van der Waals surface area contributed by atoms with E-state index in [1.807, 2.05) is 0 Å². The van der Waals surface area contributed by atoms with Gasteiger partial charge >= 0.3 is 6.18 Å². The second-order valence-corrected chi connectivity index (χ2v) is 4.24. The van der Waals surface area contributed by atoms with E-state index >= 15 is 0 Å². The van der Waals surface area contributed by atoms with E-state index in [-0.39, 0.29) is 6.54 Å². The predicted octanol–water partition coefficient (Wildman–Crippen LogP) is 2.73. The van der Waals surface area contributed by atoms with Crippen LogP contribution in [0.2, 0.25) is 0 Å². The third-order valence-corrected chi connectivity index (χ3v) is 2.78. The molecule has 0 fully saturated rings. The van der Waals surface area contributed by atoms with Crippen LogP contribution in [0.5, 0.6) is 0 Å². The summed E-state index contributed by atoms with van der Waals surface area (Å²) in [6.07, 6.45) is -3.03. The number of hydrogen-bond donors (Lipinski definition) is 0. The molecule has 0 N–H and O–H groups in total. The summed E-state index contributed by atoms with van der Waals surface area (Å²) in [7, 11) is 0. The van der Waals surface area contributed by atoms with Crippen LogP contribution in [0.4, 0.5) is 13.2 Å². The minimum atomic E-state index is -4.49. The molecule has 0 saturated heterocycles. The summed E-state index contributed by atoms with van der Waals surface area (Å²) >= 11 is 0. The van der Waals surface area contributed by atoms with Gasteiger partial charge in [0.25, 0.3) is 5.56 Å². The zero-order valence-electron chi connectivity index (χ0n) is 10.2. The second-order valence-electron chi connectivity index (χ2n) is 4.24. The predicted molar refractivity (Wildman–Crippen MR) is 66.6 cm³/mol. The molecule has 20 heavy (non-hydrogen) atoms. The second kappa shape index (κ2) is 5.32. The van der Waals surface area contributed by atoms with Crippen LogP contribution in [-0.2, 0) is 12.7 Å². The maximum Gasteiger partial charge on any atom is 0.417 e. The van der Waals surface area contributed by atoms with E-state index in [1.54, 1.807) is 24.3 Å². The van der Waals surface area contributed by atoms with Crippen LogP contribution < -0.4 is 5.56 Å². The zero-order chi connectivity index (χ0) is 14.8. The first-order valence-electron chi connectivity index (χ1n) is 5.72. The minimum Gasteiger partial charge on any atom is -0.311 e. The molecule has 1 aromatic heterocycles. The number of hydrogen-bond acceptors (Lipinski definition) is 2. The summed E-state index contributed by atoms with van der Waals surface area (Å²) in [5, 5.41) is 0. The molecule has 1 heterocycles. The summed E-state index contributed by atoms with van der Waals surface area (Å²) in [4.78, 5) is 22.1. The highest BCUT2D eigenvalue weighted by molar-refractivity contribution is 5.74. The van der Waals surface area contributed by atoms with E-state index in [1.165, 1.54) is 0 Å². The Hall–Kier alpha value is -2.37. The Morgan fingerprint density at radius 3 is 2.25 bits per heavy atom. The van der Waals surface area contributed by atoms with Crippen molar-refractivity contribution in [2.24, 2.45) is 0 Å². The fourth-order valence-electron chi connectivity index (χ4n) is 1.72. The van der Waals surface area contributed by atoms with Gasteiger partial charge in [-0.25, -0.2) is 0 Å². The Balaban J connectivity index is 2.32. The molecule has 0 unspecified atom stereocenters. The van der Waals surface area contributed by atoms with E-state index in [9.17, 15) is 22.8 Å². The molecule has 0 bridgehead atoms. The number of alkyl halides is 3. The minimum absolute atomic E-state index is 0.0158. The van der Waals surface area contributed by atoms with Gasteiger partial charge in [-0.3, -0.25) is 9.59 Å². The van der Waals surface area contributed by atoms with Gasteiger partial charge in [-0.2, -0.15) is 13.2 Å². The van der Waals surface area contributed by atoms with Gasteiger partial charge in [0.15, 0.2) is 0 Å². The van der Waals surface area contributed by atoms with E-state index in [0.29, 0.717) is 17.4 Å². The number of carbonyl (C=O) groups is 1. The molecule has 1 aromatic carbocycles. The van der Waals surface area contributed by atoms with Crippen molar-refractivity contribution in [1.29, 1.82) is 0 Å². The summed E-state index contributed by atoms with van der Waals surface area (Å²) in [5.74, 6) is 0. The van der Waals surface area contributed by atoms with E-state index in [4.69, 9.17) is 0 Å². The lowest BCUT2D eigenvalue weighted by atomic mass is 10.1. The highest BCUT2D eigenvalue weighted by atomic mass is 19.4. The first-order valence-corrected chi connectivity index (χ1v) is 5.72. The van der Waals surface area contributed by atoms with Gasteiger partial charge in [0.05, 0.1) is 12.1 Å². The molecule has 2 aromatic rings. The maximum atomic E-state index is 12.6. The first kappa shape index (κ1) is 14.0. The van der Waals surface area contributed by atoms with Gasteiger partial charge < -0.3 is 4.57 Å². The number of halogens is 3. The first-order chi connectivity index (χ1) is 9.40. The number of aromatic nitrogens is 1. The van der Waals surface area contributed by atoms with Crippen molar-refractivity contribution in [3.63, 3.8) is 0 Å². The Kier molecular flexibility index (Phi) is 3.74. The topological polar surface area (TPSA) is 39.1 Å². The molecule has 2 rings (SSSR count). The Morgan fingerprint density at radius 1 is 1.05 bits per heavy atom. The fourth-order valence-corrected chi connectivity index (χ4v) is 1.72. The van der Waals surface area contributed by atoms with E-state index < -0.39 is 17.3 Å². The lowest BCUT2D eigenvalue weighted by Gasteiger charge is -2.10. The summed E-state index contributed by atoms with van der Waals surface area (Å²) in [5.41, 5.74) is -0.291. The third kappa shape index (κ3) is 3.14. The number of aldehydes is 1. The Labute approximate surface area is 112 Å². The number of rotatable bonds is 3. The fraction of sp³-hybridized carbons (Fsp3) is 0.143. The highest BCUT2D eigenvalue weighted by Gasteiger charge is 2.30. The number of nitrogens with zero attached hydrogens (tertiary/aromatic N) is 1. The van der Waals surface area contributed by atoms with Gasteiger partial charge in [0, 0.05) is 17.8 Å². The molecule has 0 amide bonds. The smallest absolute Gasteiger partial charge is 0.311 e. The van der Waals surface area contributed by atoms with E-state index in [0.717, 1.165) is 22.9 Å². The van der Waals surface area contributed by atoms with Crippen molar-refractivity contribution in [2.75, 3.05) is 0 Å². The largest absolute Gasteiger partial charge is 0.417 e. The van der Waals surface area contributed by atoms with Gasteiger partial charge in [0.2, 0.25) is 0 Å². The SMILES string of the molecule is O=Cc1ccc(Cn2cc(C(F)(F)F)ccc2=O)cc1. The molecule has 0 aliphatic heterocycles. The zero-order valence-corrected chi connectivity index (χ0v) is 10.2.